The normalized spacial score (nSPS) is 16.5. The molecule has 0 saturated carbocycles. The number of carbonyl (C=O) groups excluding carboxylic acids is 3. The van der Waals surface area contributed by atoms with Crippen molar-refractivity contribution in [2.75, 3.05) is 18.5 Å². The molecule has 1 fully saturated rings. The van der Waals surface area contributed by atoms with E-state index in [9.17, 15) is 14.4 Å². The summed E-state index contributed by atoms with van der Waals surface area (Å²) < 4.78 is 5.57. The summed E-state index contributed by atoms with van der Waals surface area (Å²) in [6.45, 7) is 4.56. The van der Waals surface area contributed by atoms with Crippen molar-refractivity contribution in [3.05, 3.63) is 29.8 Å². The smallest absolute Gasteiger partial charge is 0.338 e. The van der Waals surface area contributed by atoms with Crippen LogP contribution in [0.1, 0.15) is 49.9 Å². The maximum Gasteiger partial charge on any atom is 0.338 e. The first-order valence-electron chi connectivity index (χ1n) is 9.01. The van der Waals surface area contributed by atoms with Gasteiger partial charge in [0.15, 0.2) is 0 Å². The van der Waals surface area contributed by atoms with Gasteiger partial charge >= 0.3 is 5.97 Å². The molecule has 1 saturated heterocycles. The fourth-order valence-electron chi connectivity index (χ4n) is 2.64. The Morgan fingerprint density at radius 3 is 2.52 bits per heavy atom. The summed E-state index contributed by atoms with van der Waals surface area (Å²) in [7, 11) is 0. The first-order chi connectivity index (χ1) is 12.9. The first kappa shape index (κ1) is 21.4. The predicted molar refractivity (Wildman–Crippen MR) is 111 cm³/mol. The number of rotatable bonds is 9. The van der Waals surface area contributed by atoms with Gasteiger partial charge in [-0.1, -0.05) is 30.4 Å². The minimum absolute atomic E-state index is 0.0733. The highest BCUT2D eigenvalue weighted by atomic mass is 32.2. The Kier molecular flexibility index (Phi) is 8.24. The molecule has 1 unspecified atom stereocenters. The number of unbranched alkanes of at least 4 members (excludes halogenated alkanes) is 2. The number of amides is 2. The second-order valence-corrected chi connectivity index (χ2v) is 8.15. The minimum Gasteiger partial charge on any atom is -0.462 e. The quantitative estimate of drug-likeness (QED) is 0.382. The van der Waals surface area contributed by atoms with Crippen molar-refractivity contribution in [3.63, 3.8) is 0 Å². The molecule has 1 aromatic rings. The number of carbonyl (C=O) groups is 3. The SMILES string of the molecule is CCOC(=O)c1ccc(NC(=O)CCCCCN2C(=O)C(C)SC2=S)cc1. The van der Waals surface area contributed by atoms with E-state index in [2.05, 4.69) is 5.32 Å². The molecule has 1 heterocycles. The zero-order chi connectivity index (χ0) is 19.8. The molecule has 1 N–H and O–H groups in total. The maximum absolute atomic E-state index is 12.0. The number of hydrogen-bond acceptors (Lipinski definition) is 6. The van der Waals surface area contributed by atoms with E-state index < -0.39 is 0 Å². The van der Waals surface area contributed by atoms with Crippen LogP contribution in [0.25, 0.3) is 0 Å². The van der Waals surface area contributed by atoms with Crippen molar-refractivity contribution in [1.82, 2.24) is 4.90 Å². The second-order valence-electron chi connectivity index (χ2n) is 6.17. The Morgan fingerprint density at radius 2 is 1.93 bits per heavy atom. The average Bonchev–Trinajstić information content (AvgIpc) is 2.88. The molecule has 2 amide bonds. The molecular formula is C19H24N2O4S2. The van der Waals surface area contributed by atoms with Gasteiger partial charge in [-0.05, 0) is 51.0 Å². The van der Waals surface area contributed by atoms with Crippen molar-refractivity contribution in [2.45, 2.75) is 44.8 Å². The van der Waals surface area contributed by atoms with E-state index in [4.69, 9.17) is 17.0 Å². The third-order valence-electron chi connectivity index (χ3n) is 4.08. The summed E-state index contributed by atoms with van der Waals surface area (Å²) in [6, 6.07) is 6.62. The van der Waals surface area contributed by atoms with E-state index in [1.807, 2.05) is 6.92 Å². The van der Waals surface area contributed by atoms with Crippen LogP contribution in [0.3, 0.4) is 0 Å². The molecule has 2 rings (SSSR count). The molecule has 0 aliphatic carbocycles. The van der Waals surface area contributed by atoms with E-state index in [0.717, 1.165) is 19.3 Å². The van der Waals surface area contributed by atoms with E-state index in [1.165, 1.54) is 11.8 Å². The van der Waals surface area contributed by atoms with Gasteiger partial charge in [-0.2, -0.15) is 0 Å². The molecule has 0 aromatic heterocycles. The Labute approximate surface area is 169 Å². The molecule has 27 heavy (non-hydrogen) atoms. The van der Waals surface area contributed by atoms with E-state index >= 15 is 0 Å². The van der Waals surface area contributed by atoms with Crippen LogP contribution in [-0.2, 0) is 14.3 Å². The van der Waals surface area contributed by atoms with Crippen LogP contribution in [0, 0.1) is 0 Å². The predicted octanol–water partition coefficient (Wildman–Crippen LogP) is 3.61. The number of thiocarbonyl (C=S) groups is 1. The van der Waals surface area contributed by atoms with Gasteiger partial charge in [0.05, 0.1) is 17.4 Å². The summed E-state index contributed by atoms with van der Waals surface area (Å²) in [5.74, 6) is -0.371. The summed E-state index contributed by atoms with van der Waals surface area (Å²) in [6.07, 6.45) is 2.81. The lowest BCUT2D eigenvalue weighted by Gasteiger charge is -2.14. The van der Waals surface area contributed by atoms with Gasteiger partial charge in [0.2, 0.25) is 11.8 Å². The van der Waals surface area contributed by atoms with Gasteiger partial charge in [-0.3, -0.25) is 14.5 Å². The zero-order valence-electron chi connectivity index (χ0n) is 15.5. The standard InChI is InChI=1S/C19H24N2O4S2/c1-3-25-18(24)14-8-10-15(11-9-14)20-16(22)7-5-4-6-12-21-17(23)13(2)27-19(21)26/h8-11,13H,3-7,12H2,1-2H3,(H,20,22). The van der Waals surface area contributed by atoms with Crippen molar-refractivity contribution in [1.29, 1.82) is 0 Å². The third kappa shape index (κ3) is 6.32. The van der Waals surface area contributed by atoms with Crippen LogP contribution in [0.15, 0.2) is 24.3 Å². The van der Waals surface area contributed by atoms with Gasteiger partial charge in [0, 0.05) is 18.7 Å². The van der Waals surface area contributed by atoms with E-state index in [1.54, 1.807) is 36.1 Å². The van der Waals surface area contributed by atoms with Gasteiger partial charge < -0.3 is 10.1 Å². The molecule has 146 valence electrons. The number of nitrogens with one attached hydrogen (secondary N) is 1. The fraction of sp³-hybridized carbons (Fsp3) is 0.474. The summed E-state index contributed by atoms with van der Waals surface area (Å²) >= 11 is 6.63. The zero-order valence-corrected chi connectivity index (χ0v) is 17.2. The Balaban J connectivity index is 1.65. The summed E-state index contributed by atoms with van der Waals surface area (Å²) in [5, 5.41) is 2.73. The lowest BCUT2D eigenvalue weighted by atomic mass is 10.1. The topological polar surface area (TPSA) is 75.7 Å². The van der Waals surface area contributed by atoms with E-state index in [0.29, 0.717) is 35.1 Å². The molecule has 1 aliphatic heterocycles. The molecule has 6 nitrogen and oxygen atoms in total. The van der Waals surface area contributed by atoms with Crippen molar-refractivity contribution in [3.8, 4) is 0 Å². The van der Waals surface area contributed by atoms with Crippen molar-refractivity contribution >= 4 is 51.8 Å². The first-order valence-corrected chi connectivity index (χ1v) is 10.3. The molecule has 0 bridgehead atoms. The van der Waals surface area contributed by atoms with Crippen LogP contribution in [0.4, 0.5) is 5.69 Å². The summed E-state index contributed by atoms with van der Waals surface area (Å²) in [5.41, 5.74) is 1.10. The van der Waals surface area contributed by atoms with Crippen molar-refractivity contribution in [2.24, 2.45) is 0 Å². The lowest BCUT2D eigenvalue weighted by molar-refractivity contribution is -0.125. The number of esters is 1. The number of anilines is 1. The number of benzene rings is 1. The minimum atomic E-state index is -0.376. The van der Waals surface area contributed by atoms with Gasteiger partial charge in [0.1, 0.15) is 4.32 Å². The maximum atomic E-state index is 12.0. The highest BCUT2D eigenvalue weighted by Gasteiger charge is 2.32. The Hall–Kier alpha value is -1.93. The van der Waals surface area contributed by atoms with Crippen LogP contribution >= 0.6 is 24.0 Å². The molecule has 0 spiro atoms. The highest BCUT2D eigenvalue weighted by Crippen LogP contribution is 2.27. The second kappa shape index (κ2) is 10.4. The summed E-state index contributed by atoms with van der Waals surface area (Å²) in [4.78, 5) is 37.2. The molecule has 1 atom stereocenters. The lowest BCUT2D eigenvalue weighted by Crippen LogP contribution is -2.31. The Bertz CT molecular complexity index is 706. The number of nitrogens with zero attached hydrogens (tertiary/aromatic N) is 1. The largest absolute Gasteiger partial charge is 0.462 e. The van der Waals surface area contributed by atoms with Crippen LogP contribution in [-0.4, -0.2) is 45.4 Å². The van der Waals surface area contributed by atoms with Gasteiger partial charge in [0.25, 0.3) is 0 Å². The van der Waals surface area contributed by atoms with Gasteiger partial charge in [-0.15, -0.1) is 0 Å². The molecule has 1 aromatic carbocycles. The van der Waals surface area contributed by atoms with Crippen LogP contribution in [0.2, 0.25) is 0 Å². The Morgan fingerprint density at radius 1 is 1.22 bits per heavy atom. The van der Waals surface area contributed by atoms with Crippen LogP contribution < -0.4 is 5.32 Å². The van der Waals surface area contributed by atoms with E-state index in [-0.39, 0.29) is 23.0 Å². The number of ether oxygens (including phenoxy) is 1. The molecule has 0 radical (unpaired) electrons. The molecule has 1 aliphatic rings. The number of thioether (sulfide) groups is 1. The highest BCUT2D eigenvalue weighted by molar-refractivity contribution is 8.24. The number of hydrogen-bond donors (Lipinski definition) is 1. The molecular weight excluding hydrogens is 384 g/mol. The fourth-order valence-corrected chi connectivity index (χ4v) is 4.09. The van der Waals surface area contributed by atoms with Crippen LogP contribution in [0.5, 0.6) is 0 Å². The average molecular weight is 409 g/mol. The molecule has 8 heteroatoms. The van der Waals surface area contributed by atoms with Crippen molar-refractivity contribution < 1.29 is 19.1 Å². The van der Waals surface area contributed by atoms with Gasteiger partial charge in [-0.25, -0.2) is 4.79 Å². The monoisotopic (exact) mass is 408 g/mol. The third-order valence-corrected chi connectivity index (χ3v) is 5.56.